The Labute approximate surface area is 128 Å². The average Bonchev–Trinajstić information content (AvgIpc) is 2.89. The number of nitrogens with zero attached hydrogens (tertiary/aromatic N) is 1. The van der Waals surface area contributed by atoms with E-state index in [0.29, 0.717) is 5.92 Å². The lowest BCUT2D eigenvalue weighted by Crippen LogP contribution is -2.42. The average molecular weight is 286 g/mol. The van der Waals surface area contributed by atoms with Gasteiger partial charge in [0, 0.05) is 6.42 Å². The van der Waals surface area contributed by atoms with Gasteiger partial charge in [-0.3, -0.25) is 5.32 Å². The molecular weight excluding hydrogens is 260 g/mol. The number of hydrogen-bond donors (Lipinski definition) is 1. The quantitative estimate of drug-likeness (QED) is 0.859. The summed E-state index contributed by atoms with van der Waals surface area (Å²) in [6.07, 6.45) is 3.77. The number of rotatable bonds is 6. The van der Waals surface area contributed by atoms with Crippen molar-refractivity contribution in [3.63, 3.8) is 0 Å². The number of nitrogens with one attached hydrogen (secondary N) is 1. The van der Waals surface area contributed by atoms with E-state index < -0.39 is 5.54 Å². The van der Waals surface area contributed by atoms with Gasteiger partial charge in [0.05, 0.1) is 6.07 Å². The van der Waals surface area contributed by atoms with Crippen molar-refractivity contribution >= 4 is 0 Å². The fraction of sp³-hybridized carbons (Fsp3) is 0.611. The Kier molecular flexibility index (Phi) is 5.25. The molecule has 0 spiro atoms. The predicted octanol–water partition coefficient (Wildman–Crippen LogP) is 4.00. The molecule has 2 rings (SSSR count). The molecule has 1 aromatic rings. The molecule has 0 bridgehead atoms. The van der Waals surface area contributed by atoms with Crippen LogP contribution in [0.1, 0.15) is 57.9 Å². The highest BCUT2D eigenvalue weighted by Crippen LogP contribution is 2.33. The third kappa shape index (κ3) is 3.98. The van der Waals surface area contributed by atoms with Crippen LogP contribution in [0.5, 0.6) is 5.75 Å². The van der Waals surface area contributed by atoms with Crippen molar-refractivity contribution < 1.29 is 4.74 Å². The molecule has 1 aromatic carbocycles. The molecule has 0 saturated heterocycles. The fourth-order valence-electron chi connectivity index (χ4n) is 2.91. The Morgan fingerprint density at radius 2 is 2.29 bits per heavy atom. The Bertz CT molecular complexity index is 506. The first-order valence-electron chi connectivity index (χ1n) is 8.01. The summed E-state index contributed by atoms with van der Waals surface area (Å²) >= 11 is 0. The largest absolute Gasteiger partial charge is 0.490 e. The summed E-state index contributed by atoms with van der Waals surface area (Å²) in [5, 5.41) is 12.9. The van der Waals surface area contributed by atoms with Gasteiger partial charge in [-0.15, -0.1) is 0 Å². The number of hydrogen-bond acceptors (Lipinski definition) is 3. The molecule has 0 heterocycles. The first-order chi connectivity index (χ1) is 10.1. The van der Waals surface area contributed by atoms with E-state index in [1.807, 2.05) is 12.1 Å². The lowest BCUT2D eigenvalue weighted by atomic mass is 9.99. The summed E-state index contributed by atoms with van der Waals surface area (Å²) in [5.74, 6) is 1.43. The lowest BCUT2D eigenvalue weighted by Gasteiger charge is -2.22. The van der Waals surface area contributed by atoms with Crippen LogP contribution in [-0.2, 0) is 0 Å². The van der Waals surface area contributed by atoms with Gasteiger partial charge in [0.2, 0.25) is 0 Å². The molecule has 1 saturated carbocycles. The van der Waals surface area contributed by atoms with Crippen molar-refractivity contribution in [2.45, 2.75) is 64.0 Å². The molecule has 3 heteroatoms. The van der Waals surface area contributed by atoms with Crippen molar-refractivity contribution in [2.24, 2.45) is 0 Å². The van der Waals surface area contributed by atoms with Crippen molar-refractivity contribution in [3.05, 3.63) is 29.8 Å². The van der Waals surface area contributed by atoms with Crippen LogP contribution in [0, 0.1) is 11.3 Å². The third-order valence-electron chi connectivity index (χ3n) is 4.22. The second-order valence-electron chi connectivity index (χ2n) is 6.33. The summed E-state index contributed by atoms with van der Waals surface area (Å²) in [4.78, 5) is 0. The van der Waals surface area contributed by atoms with Gasteiger partial charge in [-0.2, -0.15) is 5.26 Å². The van der Waals surface area contributed by atoms with Gasteiger partial charge in [0.15, 0.2) is 0 Å². The zero-order valence-corrected chi connectivity index (χ0v) is 13.4. The van der Waals surface area contributed by atoms with Crippen LogP contribution in [0.4, 0.5) is 0 Å². The predicted molar refractivity (Wildman–Crippen MR) is 85.4 cm³/mol. The van der Waals surface area contributed by atoms with Crippen molar-refractivity contribution in [2.75, 3.05) is 6.54 Å². The van der Waals surface area contributed by atoms with Gasteiger partial charge in [0.25, 0.3) is 0 Å². The number of nitriles is 1. The van der Waals surface area contributed by atoms with Crippen LogP contribution in [0.25, 0.3) is 0 Å². The smallest absolute Gasteiger partial charge is 0.120 e. The van der Waals surface area contributed by atoms with Crippen molar-refractivity contribution in [1.29, 1.82) is 5.26 Å². The van der Waals surface area contributed by atoms with Gasteiger partial charge in [-0.25, -0.2) is 0 Å². The number of benzene rings is 1. The molecule has 2 atom stereocenters. The van der Waals surface area contributed by atoms with Crippen LogP contribution in [0.3, 0.4) is 0 Å². The minimum atomic E-state index is -0.393. The summed E-state index contributed by atoms with van der Waals surface area (Å²) in [6, 6.07) is 10.8. The Morgan fingerprint density at radius 3 is 2.95 bits per heavy atom. The fourth-order valence-corrected chi connectivity index (χ4v) is 2.91. The Morgan fingerprint density at radius 1 is 1.48 bits per heavy atom. The molecule has 0 aliphatic heterocycles. The van der Waals surface area contributed by atoms with Crippen molar-refractivity contribution in [1.82, 2.24) is 5.32 Å². The van der Waals surface area contributed by atoms with Crippen LogP contribution >= 0.6 is 0 Å². The maximum atomic E-state index is 9.48. The first-order valence-corrected chi connectivity index (χ1v) is 8.01. The zero-order valence-electron chi connectivity index (χ0n) is 13.4. The van der Waals surface area contributed by atoms with Gasteiger partial charge < -0.3 is 4.74 Å². The molecule has 1 N–H and O–H groups in total. The second kappa shape index (κ2) is 6.95. The molecule has 1 aliphatic rings. The topological polar surface area (TPSA) is 45.0 Å². The van der Waals surface area contributed by atoms with E-state index in [9.17, 15) is 5.26 Å². The van der Waals surface area contributed by atoms with E-state index in [4.69, 9.17) is 4.74 Å². The highest BCUT2D eigenvalue weighted by molar-refractivity contribution is 5.30. The maximum Gasteiger partial charge on any atom is 0.120 e. The molecule has 0 radical (unpaired) electrons. The maximum absolute atomic E-state index is 9.48. The van der Waals surface area contributed by atoms with Crippen LogP contribution in [-0.4, -0.2) is 18.2 Å². The van der Waals surface area contributed by atoms with Crippen LogP contribution in [0.15, 0.2) is 24.3 Å². The van der Waals surface area contributed by atoms with Gasteiger partial charge in [-0.05, 0) is 49.4 Å². The van der Waals surface area contributed by atoms with E-state index in [0.717, 1.165) is 38.0 Å². The van der Waals surface area contributed by atoms with E-state index in [-0.39, 0.29) is 6.10 Å². The minimum Gasteiger partial charge on any atom is -0.490 e. The standard InChI is InChI=1S/C18H26N2O/c1-4-10-20-18(13-19)9-8-17(12-18)21-16-7-5-6-15(11-16)14(2)3/h5-7,11,14,17,20H,4,8-10,12H2,1-3H3. The Balaban J connectivity index is 1.99. The number of ether oxygens (including phenoxy) is 1. The molecule has 1 fully saturated rings. The van der Waals surface area contributed by atoms with Gasteiger partial charge >= 0.3 is 0 Å². The molecule has 2 unspecified atom stereocenters. The van der Waals surface area contributed by atoms with Crippen molar-refractivity contribution in [3.8, 4) is 11.8 Å². The van der Waals surface area contributed by atoms with E-state index in [1.54, 1.807) is 0 Å². The monoisotopic (exact) mass is 286 g/mol. The second-order valence-corrected chi connectivity index (χ2v) is 6.33. The SMILES string of the molecule is CCCNC1(C#N)CCC(Oc2cccc(C(C)C)c2)C1. The van der Waals surface area contributed by atoms with E-state index in [1.165, 1.54) is 5.56 Å². The van der Waals surface area contributed by atoms with Crippen LogP contribution in [0.2, 0.25) is 0 Å². The summed E-state index contributed by atoms with van der Waals surface area (Å²) < 4.78 is 6.11. The summed E-state index contributed by atoms with van der Waals surface area (Å²) in [6.45, 7) is 7.38. The highest BCUT2D eigenvalue weighted by atomic mass is 16.5. The minimum absolute atomic E-state index is 0.136. The molecule has 0 amide bonds. The molecule has 0 aromatic heterocycles. The van der Waals surface area contributed by atoms with Gasteiger partial charge in [-0.1, -0.05) is 32.9 Å². The van der Waals surface area contributed by atoms with E-state index in [2.05, 4.69) is 44.3 Å². The summed E-state index contributed by atoms with van der Waals surface area (Å²) in [7, 11) is 0. The third-order valence-corrected chi connectivity index (χ3v) is 4.22. The van der Waals surface area contributed by atoms with Gasteiger partial charge in [0.1, 0.15) is 17.4 Å². The molecule has 114 valence electrons. The van der Waals surface area contributed by atoms with Crippen LogP contribution < -0.4 is 10.1 Å². The normalized spacial score (nSPS) is 25.0. The highest BCUT2D eigenvalue weighted by Gasteiger charge is 2.40. The zero-order chi connectivity index (χ0) is 15.3. The lowest BCUT2D eigenvalue weighted by molar-refractivity contribution is 0.200. The Hall–Kier alpha value is -1.53. The van der Waals surface area contributed by atoms with E-state index >= 15 is 0 Å². The molecule has 3 nitrogen and oxygen atoms in total. The summed E-state index contributed by atoms with van der Waals surface area (Å²) in [5.41, 5.74) is 0.900. The molecule has 21 heavy (non-hydrogen) atoms. The molecule has 1 aliphatic carbocycles. The first kappa shape index (κ1) is 15.9. The molecular formula is C18H26N2O.